The summed E-state index contributed by atoms with van der Waals surface area (Å²) in [6.07, 6.45) is -1.34. The number of esters is 1. The van der Waals surface area contributed by atoms with Gasteiger partial charge in [-0.25, -0.2) is 4.79 Å². The number of carbonyl (C=O) groups excluding carboxylic acids is 1. The van der Waals surface area contributed by atoms with Gasteiger partial charge >= 0.3 is 5.97 Å². The average molecular weight is 404 g/mol. The van der Waals surface area contributed by atoms with E-state index in [0.29, 0.717) is 18.6 Å². The van der Waals surface area contributed by atoms with Crippen molar-refractivity contribution in [3.8, 4) is 0 Å². The third kappa shape index (κ3) is 5.43. The van der Waals surface area contributed by atoms with Crippen LogP contribution < -0.4 is 0 Å². The minimum atomic E-state index is -1.14. The van der Waals surface area contributed by atoms with Crippen molar-refractivity contribution in [2.75, 3.05) is 27.9 Å². The van der Waals surface area contributed by atoms with Gasteiger partial charge in [-0.1, -0.05) is 19.8 Å². The second-order valence-corrected chi connectivity index (χ2v) is 6.93. The molecule has 9 nitrogen and oxygen atoms in total. The maximum Gasteiger partial charge on any atom is 0.334 e. The van der Waals surface area contributed by atoms with E-state index < -0.39 is 48.9 Å². The van der Waals surface area contributed by atoms with E-state index in [1.54, 1.807) is 0 Å². The van der Waals surface area contributed by atoms with E-state index in [1.807, 2.05) is 6.92 Å². The quantitative estimate of drug-likeness (QED) is 0.503. The maximum absolute atomic E-state index is 11.9. The molecule has 2 N–H and O–H groups in total. The molecule has 2 aliphatic heterocycles. The molecular weight excluding hydrogens is 372 g/mol. The molecule has 1 saturated heterocycles. The Morgan fingerprint density at radius 3 is 2.54 bits per heavy atom. The maximum atomic E-state index is 11.9. The average Bonchev–Trinajstić information content (AvgIpc) is 2.70. The Hall–Kier alpha value is -1.23. The van der Waals surface area contributed by atoms with Gasteiger partial charge in [0.1, 0.15) is 36.3 Å². The molecule has 0 aliphatic carbocycles. The predicted molar refractivity (Wildman–Crippen MR) is 97.3 cm³/mol. The highest BCUT2D eigenvalue weighted by Gasteiger charge is 2.47. The monoisotopic (exact) mass is 404 g/mol. The zero-order valence-electron chi connectivity index (χ0n) is 16.9. The summed E-state index contributed by atoms with van der Waals surface area (Å²) in [6, 6.07) is 0. The van der Waals surface area contributed by atoms with Gasteiger partial charge < -0.3 is 38.6 Å². The number of methoxy groups -OCH3 is 3. The van der Waals surface area contributed by atoms with Crippen LogP contribution in [-0.2, 0) is 33.2 Å². The number of cyclic esters (lactones) is 1. The number of rotatable bonds is 10. The van der Waals surface area contributed by atoms with Crippen molar-refractivity contribution < 1.29 is 43.4 Å². The number of unbranched alkanes of at least 4 members (excludes halogenated alkanes) is 1. The standard InChI is InChI=1S/C19H32O9/c1-5-6-7-12(13-8-11(23-2)9-15(21)26-13)27-19-16(22)18(25-4)17(24-3)14(10-20)28-19/h9,12-14,16-20,22H,5-8,10H2,1-4H3/t12-,13-,14+,16-,17+,18+,19+/m0/s1. The molecule has 1 fully saturated rings. The van der Waals surface area contributed by atoms with Crippen LogP contribution in [0.2, 0.25) is 0 Å². The molecule has 28 heavy (non-hydrogen) atoms. The van der Waals surface area contributed by atoms with Crippen molar-refractivity contribution in [3.05, 3.63) is 11.8 Å². The van der Waals surface area contributed by atoms with E-state index in [9.17, 15) is 15.0 Å². The Morgan fingerprint density at radius 1 is 1.25 bits per heavy atom. The molecule has 9 heteroatoms. The normalized spacial score (nSPS) is 34.5. The molecule has 0 bridgehead atoms. The first-order chi connectivity index (χ1) is 13.5. The van der Waals surface area contributed by atoms with E-state index >= 15 is 0 Å². The molecule has 0 aromatic carbocycles. The molecule has 0 spiro atoms. The largest absolute Gasteiger partial charge is 0.501 e. The first kappa shape index (κ1) is 23.1. The molecule has 0 radical (unpaired) electrons. The van der Waals surface area contributed by atoms with Crippen molar-refractivity contribution in [3.63, 3.8) is 0 Å². The van der Waals surface area contributed by atoms with Crippen molar-refractivity contribution in [1.82, 2.24) is 0 Å². The summed E-state index contributed by atoms with van der Waals surface area (Å²) in [5.74, 6) is 0.0182. The Kier molecular flexibility index (Phi) is 9.13. The van der Waals surface area contributed by atoms with Gasteiger partial charge in [-0.2, -0.15) is 0 Å². The van der Waals surface area contributed by atoms with Crippen LogP contribution in [-0.4, -0.2) is 87.0 Å². The summed E-state index contributed by atoms with van der Waals surface area (Å²) >= 11 is 0. The molecule has 0 unspecified atom stereocenters. The van der Waals surface area contributed by atoms with Crippen molar-refractivity contribution in [2.24, 2.45) is 0 Å². The third-order valence-electron chi connectivity index (χ3n) is 5.12. The van der Waals surface area contributed by atoms with Crippen LogP contribution >= 0.6 is 0 Å². The van der Waals surface area contributed by atoms with Crippen LogP contribution in [0.25, 0.3) is 0 Å². The molecule has 162 valence electrons. The summed E-state index contributed by atoms with van der Waals surface area (Å²) in [6.45, 7) is 1.72. The minimum Gasteiger partial charge on any atom is -0.501 e. The van der Waals surface area contributed by atoms with E-state index in [1.165, 1.54) is 27.4 Å². The molecule has 2 aliphatic rings. The van der Waals surface area contributed by atoms with Crippen molar-refractivity contribution >= 4 is 5.97 Å². The van der Waals surface area contributed by atoms with Gasteiger partial charge in [0.25, 0.3) is 0 Å². The zero-order chi connectivity index (χ0) is 20.7. The summed E-state index contributed by atoms with van der Waals surface area (Å²) in [4.78, 5) is 11.9. The molecule has 0 aromatic rings. The smallest absolute Gasteiger partial charge is 0.334 e. The van der Waals surface area contributed by atoms with E-state index in [2.05, 4.69) is 0 Å². The SMILES string of the molecule is CCCC[C@H](O[C@@H]1O[C@H](CO)[C@@H](OC)[C@H](OC)[C@@H]1O)[C@@H]1CC(OC)=CC(=O)O1. The predicted octanol–water partition coefficient (Wildman–Crippen LogP) is 0.516. The number of carbonyl (C=O) groups is 1. The first-order valence-electron chi connectivity index (χ1n) is 9.59. The summed E-state index contributed by atoms with van der Waals surface area (Å²) < 4.78 is 33.2. The molecule has 0 amide bonds. The van der Waals surface area contributed by atoms with Gasteiger partial charge in [-0.05, 0) is 6.42 Å². The summed E-state index contributed by atoms with van der Waals surface area (Å²) in [5.41, 5.74) is 0. The summed E-state index contributed by atoms with van der Waals surface area (Å²) in [5, 5.41) is 20.3. The van der Waals surface area contributed by atoms with Gasteiger partial charge in [-0.3, -0.25) is 0 Å². The number of aliphatic hydroxyl groups excluding tert-OH is 2. The second-order valence-electron chi connectivity index (χ2n) is 6.93. The molecule has 0 saturated carbocycles. The minimum absolute atomic E-state index is 0.320. The number of hydrogen-bond donors (Lipinski definition) is 2. The van der Waals surface area contributed by atoms with Crippen LogP contribution in [0.1, 0.15) is 32.6 Å². The van der Waals surface area contributed by atoms with Gasteiger partial charge in [0, 0.05) is 20.6 Å². The highest BCUT2D eigenvalue weighted by Crippen LogP contribution is 2.30. The lowest BCUT2D eigenvalue weighted by molar-refractivity contribution is -0.323. The molecule has 2 rings (SSSR count). The highest BCUT2D eigenvalue weighted by atomic mass is 16.7. The van der Waals surface area contributed by atoms with Gasteiger partial charge in [0.2, 0.25) is 0 Å². The van der Waals surface area contributed by atoms with E-state index in [-0.39, 0.29) is 6.61 Å². The Labute approximate surface area is 165 Å². The van der Waals surface area contributed by atoms with Gasteiger partial charge in [0.05, 0.1) is 25.9 Å². The lowest BCUT2D eigenvalue weighted by Gasteiger charge is -2.44. The Morgan fingerprint density at radius 2 is 1.96 bits per heavy atom. The van der Waals surface area contributed by atoms with Gasteiger partial charge in [-0.15, -0.1) is 0 Å². The fourth-order valence-electron chi connectivity index (χ4n) is 3.59. The highest BCUT2D eigenvalue weighted by molar-refractivity contribution is 5.83. The van der Waals surface area contributed by atoms with Crippen molar-refractivity contribution in [1.29, 1.82) is 0 Å². The fourth-order valence-corrected chi connectivity index (χ4v) is 3.59. The lowest BCUT2D eigenvalue weighted by atomic mass is 9.97. The Balaban J connectivity index is 2.16. The van der Waals surface area contributed by atoms with Crippen LogP contribution in [0.4, 0.5) is 0 Å². The van der Waals surface area contributed by atoms with Crippen LogP contribution in [0.5, 0.6) is 0 Å². The zero-order valence-corrected chi connectivity index (χ0v) is 16.9. The third-order valence-corrected chi connectivity index (χ3v) is 5.12. The molecular formula is C19H32O9. The number of aliphatic hydroxyl groups is 2. The summed E-state index contributed by atoms with van der Waals surface area (Å²) in [7, 11) is 4.40. The van der Waals surface area contributed by atoms with Crippen LogP contribution in [0.15, 0.2) is 11.8 Å². The van der Waals surface area contributed by atoms with Gasteiger partial charge in [0.15, 0.2) is 6.29 Å². The second kappa shape index (κ2) is 11.1. The van der Waals surface area contributed by atoms with Crippen LogP contribution in [0.3, 0.4) is 0 Å². The molecule has 0 aromatic heterocycles. The molecule has 7 atom stereocenters. The van der Waals surface area contributed by atoms with E-state index in [0.717, 1.165) is 12.8 Å². The van der Waals surface area contributed by atoms with Crippen LogP contribution in [0, 0.1) is 0 Å². The topological polar surface area (TPSA) is 113 Å². The fraction of sp³-hybridized carbons (Fsp3) is 0.842. The lowest BCUT2D eigenvalue weighted by Crippen LogP contribution is -2.61. The number of hydrogen-bond acceptors (Lipinski definition) is 9. The first-order valence-corrected chi connectivity index (χ1v) is 9.59. The van der Waals surface area contributed by atoms with E-state index in [4.69, 9.17) is 28.4 Å². The van der Waals surface area contributed by atoms with Crippen molar-refractivity contribution in [2.45, 2.75) is 75.5 Å². The Bertz CT molecular complexity index is 524. The number of ether oxygens (including phenoxy) is 6. The molecule has 2 heterocycles.